The number of hydrogen-bond acceptors (Lipinski definition) is 3. The highest BCUT2D eigenvalue weighted by Gasteiger charge is 2.37. The number of hydrogen-bond donors (Lipinski definition) is 1. The molecule has 1 heterocycles. The van der Waals surface area contributed by atoms with Gasteiger partial charge in [-0.15, -0.1) is 12.4 Å². The Labute approximate surface area is 97.7 Å². The number of nitrogens with zero attached hydrogens (tertiary/aromatic N) is 1. The summed E-state index contributed by atoms with van der Waals surface area (Å²) < 4.78 is 25.0. The molecule has 1 saturated carbocycles. The maximum absolute atomic E-state index is 11.7. The van der Waals surface area contributed by atoms with Crippen LogP contribution in [0.4, 0.5) is 0 Å². The molecule has 15 heavy (non-hydrogen) atoms. The normalized spacial score (nSPS) is 36.1. The molecule has 2 N–H and O–H groups in total. The summed E-state index contributed by atoms with van der Waals surface area (Å²) in [7, 11) is -2.97. The van der Waals surface area contributed by atoms with Crippen LogP contribution in [0, 0.1) is 0 Å². The van der Waals surface area contributed by atoms with Crippen molar-refractivity contribution in [3.8, 4) is 0 Å². The smallest absolute Gasteiger partial charge is 0.214 e. The van der Waals surface area contributed by atoms with Crippen LogP contribution in [0.2, 0.25) is 0 Å². The van der Waals surface area contributed by atoms with E-state index in [1.807, 2.05) is 0 Å². The molecule has 0 unspecified atom stereocenters. The SMILES string of the molecule is Cl.N[C@@H]1CCCC[C@H]1N1CCCS1(=O)=O. The fourth-order valence-corrected chi connectivity index (χ4v) is 4.34. The van der Waals surface area contributed by atoms with Gasteiger partial charge in [-0.05, 0) is 19.3 Å². The van der Waals surface area contributed by atoms with E-state index in [1.54, 1.807) is 4.31 Å². The average molecular weight is 255 g/mol. The van der Waals surface area contributed by atoms with Crippen LogP contribution in [0.5, 0.6) is 0 Å². The molecule has 1 saturated heterocycles. The van der Waals surface area contributed by atoms with Crippen molar-refractivity contribution < 1.29 is 8.42 Å². The van der Waals surface area contributed by atoms with E-state index in [0.717, 1.165) is 32.1 Å². The Balaban J connectivity index is 0.00000112. The van der Waals surface area contributed by atoms with Gasteiger partial charge < -0.3 is 5.73 Å². The standard InChI is InChI=1S/C9H18N2O2S.ClH/c10-8-4-1-2-5-9(8)11-6-3-7-14(11,12)13;/h8-9H,1-7,10H2;1H/t8-,9-;/m1./s1. The Bertz CT molecular complexity index is 307. The molecular weight excluding hydrogens is 236 g/mol. The number of nitrogens with two attached hydrogens (primary N) is 1. The fraction of sp³-hybridized carbons (Fsp3) is 1.00. The van der Waals surface area contributed by atoms with Crippen LogP contribution in [0.25, 0.3) is 0 Å². The summed E-state index contributed by atoms with van der Waals surface area (Å²) in [5.74, 6) is 0.316. The highest BCUT2D eigenvalue weighted by molar-refractivity contribution is 7.89. The van der Waals surface area contributed by atoms with Crippen molar-refractivity contribution >= 4 is 22.4 Å². The van der Waals surface area contributed by atoms with Gasteiger partial charge in [0.1, 0.15) is 0 Å². The Hall–Kier alpha value is 0.160. The van der Waals surface area contributed by atoms with E-state index in [-0.39, 0.29) is 24.5 Å². The molecule has 0 bridgehead atoms. The summed E-state index contributed by atoms with van der Waals surface area (Å²) in [5, 5.41) is 0. The van der Waals surface area contributed by atoms with Crippen LogP contribution >= 0.6 is 12.4 Å². The molecule has 4 nitrogen and oxygen atoms in total. The lowest BCUT2D eigenvalue weighted by Crippen LogP contribution is -2.50. The van der Waals surface area contributed by atoms with E-state index in [4.69, 9.17) is 5.73 Å². The Morgan fingerprint density at radius 1 is 1.13 bits per heavy atom. The molecule has 1 aliphatic carbocycles. The molecule has 0 amide bonds. The second-order valence-corrected chi connectivity index (χ2v) is 6.34. The highest BCUT2D eigenvalue weighted by Crippen LogP contribution is 2.27. The second kappa shape index (κ2) is 4.99. The van der Waals surface area contributed by atoms with E-state index in [9.17, 15) is 8.42 Å². The zero-order valence-corrected chi connectivity index (χ0v) is 10.4. The Kier molecular flexibility index (Phi) is 4.40. The van der Waals surface area contributed by atoms with E-state index in [0.29, 0.717) is 12.3 Å². The first-order valence-corrected chi connectivity index (χ1v) is 6.97. The lowest BCUT2D eigenvalue weighted by molar-refractivity contribution is 0.236. The van der Waals surface area contributed by atoms with Crippen molar-refractivity contribution in [1.82, 2.24) is 4.31 Å². The molecular formula is C9H19ClN2O2S. The topological polar surface area (TPSA) is 63.4 Å². The zero-order valence-electron chi connectivity index (χ0n) is 8.76. The third-order valence-electron chi connectivity index (χ3n) is 3.29. The minimum atomic E-state index is -2.97. The van der Waals surface area contributed by atoms with Crippen LogP contribution in [-0.2, 0) is 10.0 Å². The van der Waals surface area contributed by atoms with Crippen molar-refractivity contribution in [2.45, 2.75) is 44.2 Å². The molecule has 1 aliphatic heterocycles. The van der Waals surface area contributed by atoms with Gasteiger partial charge in [0.2, 0.25) is 10.0 Å². The molecule has 2 aliphatic rings. The Morgan fingerprint density at radius 3 is 2.33 bits per heavy atom. The van der Waals surface area contributed by atoms with Crippen LogP contribution < -0.4 is 5.73 Å². The van der Waals surface area contributed by atoms with Gasteiger partial charge in [0, 0.05) is 18.6 Å². The van der Waals surface area contributed by atoms with Gasteiger partial charge >= 0.3 is 0 Å². The minimum absolute atomic E-state index is 0. The third kappa shape index (κ3) is 2.64. The lowest BCUT2D eigenvalue weighted by Gasteiger charge is -2.34. The van der Waals surface area contributed by atoms with Gasteiger partial charge in [-0.2, -0.15) is 4.31 Å². The molecule has 6 heteroatoms. The summed E-state index contributed by atoms with van der Waals surface area (Å²) in [5.41, 5.74) is 5.97. The van der Waals surface area contributed by atoms with E-state index in [1.165, 1.54) is 0 Å². The van der Waals surface area contributed by atoms with E-state index >= 15 is 0 Å². The second-order valence-electron chi connectivity index (χ2n) is 4.30. The van der Waals surface area contributed by atoms with Crippen molar-refractivity contribution in [3.05, 3.63) is 0 Å². The Morgan fingerprint density at radius 2 is 1.80 bits per heavy atom. The molecule has 2 fully saturated rings. The molecule has 90 valence electrons. The number of sulfonamides is 1. The van der Waals surface area contributed by atoms with Crippen molar-refractivity contribution in [2.75, 3.05) is 12.3 Å². The van der Waals surface area contributed by atoms with Gasteiger partial charge in [-0.3, -0.25) is 0 Å². The lowest BCUT2D eigenvalue weighted by atomic mass is 9.91. The van der Waals surface area contributed by atoms with Gasteiger partial charge in [-0.1, -0.05) is 12.8 Å². The van der Waals surface area contributed by atoms with Gasteiger partial charge in [0.15, 0.2) is 0 Å². The summed E-state index contributed by atoms with van der Waals surface area (Å²) in [4.78, 5) is 0. The number of rotatable bonds is 1. The molecule has 2 atom stereocenters. The largest absolute Gasteiger partial charge is 0.326 e. The van der Waals surface area contributed by atoms with Gasteiger partial charge in [0.25, 0.3) is 0 Å². The number of halogens is 1. The summed E-state index contributed by atoms with van der Waals surface area (Å²) in [6.45, 7) is 0.681. The first-order chi connectivity index (χ1) is 6.61. The third-order valence-corrected chi connectivity index (χ3v) is 5.26. The predicted molar refractivity (Wildman–Crippen MR) is 62.6 cm³/mol. The molecule has 0 aromatic heterocycles. The summed E-state index contributed by atoms with van der Waals surface area (Å²) in [6, 6.07) is 0.132. The highest BCUT2D eigenvalue weighted by atomic mass is 35.5. The maximum atomic E-state index is 11.7. The van der Waals surface area contributed by atoms with Gasteiger partial charge in [-0.25, -0.2) is 8.42 Å². The summed E-state index contributed by atoms with van der Waals surface area (Å²) >= 11 is 0. The first kappa shape index (κ1) is 13.2. The molecule has 2 rings (SSSR count). The molecule has 0 aromatic rings. The predicted octanol–water partition coefficient (Wildman–Crippen LogP) is 0.714. The van der Waals surface area contributed by atoms with Crippen molar-refractivity contribution in [1.29, 1.82) is 0 Å². The van der Waals surface area contributed by atoms with Crippen LogP contribution in [-0.4, -0.2) is 37.1 Å². The van der Waals surface area contributed by atoms with Gasteiger partial charge in [0.05, 0.1) is 5.75 Å². The van der Waals surface area contributed by atoms with Crippen molar-refractivity contribution in [3.63, 3.8) is 0 Å². The fourth-order valence-electron chi connectivity index (χ4n) is 2.53. The molecule has 0 aromatic carbocycles. The molecule has 0 spiro atoms. The van der Waals surface area contributed by atoms with E-state index in [2.05, 4.69) is 0 Å². The molecule has 0 radical (unpaired) electrons. The monoisotopic (exact) mass is 254 g/mol. The maximum Gasteiger partial charge on any atom is 0.214 e. The van der Waals surface area contributed by atoms with Crippen molar-refractivity contribution in [2.24, 2.45) is 5.73 Å². The van der Waals surface area contributed by atoms with Crippen LogP contribution in [0.3, 0.4) is 0 Å². The van der Waals surface area contributed by atoms with E-state index < -0.39 is 10.0 Å². The zero-order chi connectivity index (χ0) is 10.2. The van der Waals surface area contributed by atoms with Crippen LogP contribution in [0.1, 0.15) is 32.1 Å². The minimum Gasteiger partial charge on any atom is -0.326 e. The average Bonchev–Trinajstić information content (AvgIpc) is 2.46. The summed E-state index contributed by atoms with van der Waals surface area (Å²) in [6.07, 6.45) is 4.94. The quantitative estimate of drug-likeness (QED) is 0.750. The first-order valence-electron chi connectivity index (χ1n) is 5.36. The van der Waals surface area contributed by atoms with Crippen LogP contribution in [0.15, 0.2) is 0 Å².